The van der Waals surface area contributed by atoms with Crippen molar-refractivity contribution in [1.29, 1.82) is 0 Å². The molecule has 0 bridgehead atoms. The Balaban J connectivity index is 2.48. The van der Waals surface area contributed by atoms with Crippen LogP contribution in [0, 0.1) is 0 Å². The van der Waals surface area contributed by atoms with Gasteiger partial charge in [0.1, 0.15) is 5.82 Å². The summed E-state index contributed by atoms with van der Waals surface area (Å²) >= 11 is 0. The lowest BCUT2D eigenvalue weighted by molar-refractivity contribution is 0.382. The molecule has 0 radical (unpaired) electrons. The van der Waals surface area contributed by atoms with E-state index in [1.165, 1.54) is 5.52 Å². The summed E-state index contributed by atoms with van der Waals surface area (Å²) in [6.07, 6.45) is 1.85. The topological polar surface area (TPSA) is 43.8 Å². The van der Waals surface area contributed by atoms with Crippen LogP contribution >= 0.6 is 0 Å². The van der Waals surface area contributed by atoms with Gasteiger partial charge in [-0.3, -0.25) is 0 Å². The van der Waals surface area contributed by atoms with E-state index in [0.29, 0.717) is 0 Å². The number of fused-ring (bicyclic) bond motifs is 1. The van der Waals surface area contributed by atoms with Crippen molar-refractivity contribution in [1.82, 2.24) is 9.55 Å². The van der Waals surface area contributed by atoms with E-state index in [9.17, 15) is 0 Å². The lowest BCUT2D eigenvalue weighted by atomic mass is 9.99. The SMILES string of the molecule is CC(C)(N)CCc1nc2ccccc2n1C(C)(C)C. The summed E-state index contributed by atoms with van der Waals surface area (Å²) in [5, 5.41) is 0. The quantitative estimate of drug-likeness (QED) is 0.917. The first-order chi connectivity index (χ1) is 8.68. The second kappa shape index (κ2) is 4.64. The van der Waals surface area contributed by atoms with E-state index in [0.717, 1.165) is 24.2 Å². The first-order valence-electron chi connectivity index (χ1n) is 6.94. The van der Waals surface area contributed by atoms with Crippen LogP contribution in [0.25, 0.3) is 11.0 Å². The van der Waals surface area contributed by atoms with Gasteiger partial charge in [0.2, 0.25) is 0 Å². The number of hydrogen-bond acceptors (Lipinski definition) is 2. The zero-order valence-corrected chi connectivity index (χ0v) is 12.7. The van der Waals surface area contributed by atoms with Gasteiger partial charge in [-0.15, -0.1) is 0 Å². The van der Waals surface area contributed by atoms with Crippen LogP contribution in [0.15, 0.2) is 24.3 Å². The molecule has 0 spiro atoms. The number of rotatable bonds is 3. The lowest BCUT2D eigenvalue weighted by Crippen LogP contribution is -2.33. The van der Waals surface area contributed by atoms with Gasteiger partial charge in [-0.05, 0) is 53.2 Å². The Morgan fingerprint density at radius 1 is 1.11 bits per heavy atom. The molecule has 0 saturated carbocycles. The van der Waals surface area contributed by atoms with Crippen molar-refractivity contribution in [2.24, 2.45) is 5.73 Å². The molecule has 2 N–H and O–H groups in total. The lowest BCUT2D eigenvalue weighted by Gasteiger charge is -2.26. The van der Waals surface area contributed by atoms with Crippen LogP contribution in [-0.4, -0.2) is 15.1 Å². The summed E-state index contributed by atoms with van der Waals surface area (Å²) in [6, 6.07) is 8.33. The first kappa shape index (κ1) is 14.1. The zero-order chi connectivity index (χ0) is 14.3. The minimum atomic E-state index is -0.152. The minimum Gasteiger partial charge on any atom is -0.326 e. The highest BCUT2D eigenvalue weighted by Gasteiger charge is 2.22. The van der Waals surface area contributed by atoms with Crippen LogP contribution in [0.2, 0.25) is 0 Å². The molecule has 0 saturated heterocycles. The number of nitrogens with zero attached hydrogens (tertiary/aromatic N) is 2. The van der Waals surface area contributed by atoms with Gasteiger partial charge in [0.05, 0.1) is 11.0 Å². The van der Waals surface area contributed by atoms with Gasteiger partial charge in [0.15, 0.2) is 0 Å². The van der Waals surface area contributed by atoms with Crippen molar-refractivity contribution < 1.29 is 0 Å². The highest BCUT2D eigenvalue weighted by Crippen LogP contribution is 2.26. The molecule has 1 aromatic heterocycles. The van der Waals surface area contributed by atoms with Crippen molar-refractivity contribution in [3.63, 3.8) is 0 Å². The van der Waals surface area contributed by atoms with E-state index in [1.54, 1.807) is 0 Å². The van der Waals surface area contributed by atoms with E-state index >= 15 is 0 Å². The molecule has 1 aromatic carbocycles. The number of para-hydroxylation sites is 2. The van der Waals surface area contributed by atoms with E-state index in [1.807, 2.05) is 6.07 Å². The number of benzene rings is 1. The van der Waals surface area contributed by atoms with E-state index in [2.05, 4.69) is 57.4 Å². The minimum absolute atomic E-state index is 0.0319. The fourth-order valence-corrected chi connectivity index (χ4v) is 2.43. The highest BCUT2D eigenvalue weighted by atomic mass is 15.1. The van der Waals surface area contributed by atoms with Crippen LogP contribution in [0.4, 0.5) is 0 Å². The molecular weight excluding hydrogens is 234 g/mol. The summed E-state index contributed by atoms with van der Waals surface area (Å²) in [6.45, 7) is 10.8. The summed E-state index contributed by atoms with van der Waals surface area (Å²) in [7, 11) is 0. The molecule has 3 heteroatoms. The third kappa shape index (κ3) is 3.16. The van der Waals surface area contributed by atoms with Gasteiger partial charge < -0.3 is 10.3 Å². The molecule has 0 atom stereocenters. The second-order valence-corrected chi connectivity index (χ2v) is 7.01. The summed E-state index contributed by atoms with van der Waals surface area (Å²) in [5.74, 6) is 1.13. The van der Waals surface area contributed by atoms with E-state index in [4.69, 9.17) is 10.7 Å². The molecular formula is C16H25N3. The Bertz CT molecular complexity index is 568. The maximum atomic E-state index is 6.10. The molecule has 2 rings (SSSR count). The third-order valence-electron chi connectivity index (χ3n) is 3.29. The summed E-state index contributed by atoms with van der Waals surface area (Å²) in [4.78, 5) is 4.79. The molecule has 0 fully saturated rings. The third-order valence-corrected chi connectivity index (χ3v) is 3.29. The largest absolute Gasteiger partial charge is 0.326 e. The Morgan fingerprint density at radius 2 is 1.74 bits per heavy atom. The fourth-order valence-electron chi connectivity index (χ4n) is 2.43. The number of hydrogen-bond donors (Lipinski definition) is 1. The van der Waals surface area contributed by atoms with Crippen LogP contribution in [0.5, 0.6) is 0 Å². The molecule has 0 amide bonds. The number of aryl methyl sites for hydroxylation is 1. The van der Waals surface area contributed by atoms with Crippen LogP contribution in [0.3, 0.4) is 0 Å². The van der Waals surface area contributed by atoms with Gasteiger partial charge >= 0.3 is 0 Å². The van der Waals surface area contributed by atoms with Crippen molar-refractivity contribution in [2.75, 3.05) is 0 Å². The molecule has 19 heavy (non-hydrogen) atoms. The van der Waals surface area contributed by atoms with Crippen molar-refractivity contribution in [3.05, 3.63) is 30.1 Å². The Hall–Kier alpha value is -1.35. The molecule has 0 aliphatic rings. The first-order valence-corrected chi connectivity index (χ1v) is 6.94. The van der Waals surface area contributed by atoms with Crippen molar-refractivity contribution in [2.45, 2.75) is 58.5 Å². The fraction of sp³-hybridized carbons (Fsp3) is 0.562. The maximum Gasteiger partial charge on any atom is 0.110 e. The zero-order valence-electron chi connectivity index (χ0n) is 12.7. The second-order valence-electron chi connectivity index (χ2n) is 7.01. The molecule has 104 valence electrons. The number of aromatic nitrogens is 2. The van der Waals surface area contributed by atoms with Crippen LogP contribution < -0.4 is 5.73 Å². The Kier molecular flexibility index (Phi) is 3.43. The van der Waals surface area contributed by atoms with Gasteiger partial charge in [0.25, 0.3) is 0 Å². The van der Waals surface area contributed by atoms with Gasteiger partial charge in [-0.1, -0.05) is 12.1 Å². The predicted octanol–water partition coefficient (Wildman–Crippen LogP) is 3.46. The smallest absolute Gasteiger partial charge is 0.110 e. The molecule has 0 unspecified atom stereocenters. The molecule has 2 aromatic rings. The van der Waals surface area contributed by atoms with Gasteiger partial charge in [-0.2, -0.15) is 0 Å². The molecule has 0 aliphatic heterocycles. The molecule has 1 heterocycles. The normalized spacial score (nSPS) is 13.2. The standard InChI is InChI=1S/C16H25N3/c1-15(2,3)19-13-9-7-6-8-12(13)18-14(19)10-11-16(4,5)17/h6-9H,10-11,17H2,1-5H3. The van der Waals surface area contributed by atoms with Gasteiger partial charge in [0, 0.05) is 17.5 Å². The van der Waals surface area contributed by atoms with E-state index in [-0.39, 0.29) is 11.1 Å². The summed E-state index contributed by atoms with van der Waals surface area (Å²) in [5.41, 5.74) is 8.26. The molecule has 3 nitrogen and oxygen atoms in total. The number of imidazole rings is 1. The van der Waals surface area contributed by atoms with Gasteiger partial charge in [-0.25, -0.2) is 4.98 Å². The number of nitrogens with two attached hydrogens (primary N) is 1. The van der Waals surface area contributed by atoms with E-state index < -0.39 is 0 Å². The van der Waals surface area contributed by atoms with Crippen molar-refractivity contribution >= 4 is 11.0 Å². The van der Waals surface area contributed by atoms with Crippen LogP contribution in [0.1, 0.15) is 46.9 Å². The Labute approximate surface area is 115 Å². The monoisotopic (exact) mass is 259 g/mol. The average Bonchev–Trinajstić information content (AvgIpc) is 2.63. The highest BCUT2D eigenvalue weighted by molar-refractivity contribution is 5.76. The van der Waals surface area contributed by atoms with Crippen molar-refractivity contribution in [3.8, 4) is 0 Å². The summed E-state index contributed by atoms with van der Waals surface area (Å²) < 4.78 is 2.34. The Morgan fingerprint density at radius 3 is 2.32 bits per heavy atom. The average molecular weight is 259 g/mol. The maximum absolute atomic E-state index is 6.10. The molecule has 0 aliphatic carbocycles. The predicted molar refractivity (Wildman–Crippen MR) is 81.3 cm³/mol. The van der Waals surface area contributed by atoms with Crippen LogP contribution in [-0.2, 0) is 12.0 Å².